The number of rotatable bonds is 5. The van der Waals surface area contributed by atoms with Gasteiger partial charge in [-0.05, 0) is 44.2 Å². The molecule has 0 aromatic carbocycles. The van der Waals surface area contributed by atoms with Gasteiger partial charge in [0.05, 0.1) is 26.9 Å². The van der Waals surface area contributed by atoms with Gasteiger partial charge >= 0.3 is 0 Å². The van der Waals surface area contributed by atoms with Crippen molar-refractivity contribution < 1.29 is 13.8 Å². The summed E-state index contributed by atoms with van der Waals surface area (Å²) in [6.45, 7) is 4.04. The van der Waals surface area contributed by atoms with Crippen molar-refractivity contribution in [2.24, 2.45) is 5.92 Å². The number of hydrogen-bond donors (Lipinski definition) is 4. The van der Waals surface area contributed by atoms with Crippen LogP contribution >= 0.6 is 0 Å². The van der Waals surface area contributed by atoms with Crippen LogP contribution in [0.15, 0.2) is 18.3 Å². The summed E-state index contributed by atoms with van der Waals surface area (Å²) in [5, 5.41) is 8.77. The molecule has 5 atom stereocenters. The molecule has 0 radical (unpaired) electrons. The van der Waals surface area contributed by atoms with E-state index in [-0.39, 0.29) is 40.3 Å². The fourth-order valence-electron chi connectivity index (χ4n) is 5.27. The molecule has 0 aliphatic carbocycles. The van der Waals surface area contributed by atoms with Gasteiger partial charge in [0.15, 0.2) is 0 Å². The highest BCUT2D eigenvalue weighted by molar-refractivity contribution is 7.93. The van der Waals surface area contributed by atoms with Crippen LogP contribution in [0.4, 0.5) is 5.69 Å². The van der Waals surface area contributed by atoms with Crippen molar-refractivity contribution in [2.45, 2.75) is 61.6 Å². The third-order valence-electron chi connectivity index (χ3n) is 7.35. The van der Waals surface area contributed by atoms with Crippen LogP contribution in [0.3, 0.4) is 0 Å². The molecule has 1 aromatic heterocycles. The maximum atomic E-state index is 13.6. The second-order valence-corrected chi connectivity index (χ2v) is 11.8. The van der Waals surface area contributed by atoms with E-state index in [1.165, 1.54) is 0 Å². The van der Waals surface area contributed by atoms with Gasteiger partial charge < -0.3 is 20.9 Å². The van der Waals surface area contributed by atoms with E-state index < -0.39 is 9.73 Å². The smallest absolute Gasteiger partial charge is 0.269 e. The molecule has 10 heteroatoms. The molecule has 1 aromatic rings. The number of amides is 2. The molecule has 3 aliphatic rings. The van der Waals surface area contributed by atoms with Gasteiger partial charge in [-0.25, -0.2) is 9.19 Å². The average molecular weight is 463 g/mol. The van der Waals surface area contributed by atoms with E-state index in [0.29, 0.717) is 44.6 Å². The lowest BCUT2D eigenvalue weighted by molar-refractivity contribution is -0.129. The first kappa shape index (κ1) is 23.0. The van der Waals surface area contributed by atoms with Crippen molar-refractivity contribution in [1.29, 1.82) is 4.78 Å². The normalized spacial score (nSPS) is 30.7. The molecule has 4 rings (SSSR count). The molecular formula is C22H34N6O3S. The lowest BCUT2D eigenvalue weighted by Gasteiger charge is -2.44. The topological polar surface area (TPSA) is 127 Å². The zero-order valence-electron chi connectivity index (χ0n) is 18.8. The fraction of sp³-hybridized carbons (Fsp3) is 0.682. The monoisotopic (exact) mass is 462 g/mol. The third kappa shape index (κ3) is 4.47. The molecule has 0 spiro atoms. The van der Waals surface area contributed by atoms with Crippen LogP contribution in [0.25, 0.3) is 0 Å². The van der Waals surface area contributed by atoms with Gasteiger partial charge in [-0.3, -0.25) is 14.4 Å². The van der Waals surface area contributed by atoms with Crippen LogP contribution in [0.1, 0.15) is 49.5 Å². The zero-order valence-corrected chi connectivity index (χ0v) is 19.6. The average Bonchev–Trinajstić information content (AvgIpc) is 2.82. The van der Waals surface area contributed by atoms with Crippen molar-refractivity contribution >= 4 is 27.2 Å². The Morgan fingerprint density at radius 3 is 2.62 bits per heavy atom. The Labute approximate surface area is 190 Å². The molecule has 3 saturated heterocycles. The number of hydrogen-bond acceptors (Lipinski definition) is 7. The fourth-order valence-corrected chi connectivity index (χ4v) is 7.56. The molecule has 0 saturated carbocycles. The summed E-state index contributed by atoms with van der Waals surface area (Å²) in [6.07, 6.45) is 5.35. The predicted octanol–water partition coefficient (Wildman–Crippen LogP) is 1.10. The maximum Gasteiger partial charge on any atom is 0.269 e. The first-order chi connectivity index (χ1) is 15.3. The van der Waals surface area contributed by atoms with Gasteiger partial charge in [-0.1, -0.05) is 6.92 Å². The lowest BCUT2D eigenvalue weighted by Crippen LogP contribution is -2.64. The van der Waals surface area contributed by atoms with E-state index in [1.807, 2.05) is 13.0 Å². The van der Waals surface area contributed by atoms with Crippen LogP contribution in [-0.4, -0.2) is 70.3 Å². The van der Waals surface area contributed by atoms with Crippen molar-refractivity contribution in [2.75, 3.05) is 31.6 Å². The van der Waals surface area contributed by atoms with E-state index in [1.54, 1.807) is 19.3 Å². The van der Waals surface area contributed by atoms with E-state index >= 15 is 0 Å². The second-order valence-electron chi connectivity index (χ2n) is 9.14. The Kier molecular flexibility index (Phi) is 6.71. The largest absolute Gasteiger partial charge is 0.370 e. The zero-order chi connectivity index (χ0) is 22.9. The number of pyridine rings is 1. The minimum atomic E-state index is -2.81. The number of aromatic nitrogens is 1. The number of fused-ring (bicyclic) bond motifs is 1. The Morgan fingerprint density at radius 2 is 2.00 bits per heavy atom. The summed E-state index contributed by atoms with van der Waals surface area (Å²) < 4.78 is 22.4. The van der Waals surface area contributed by atoms with Gasteiger partial charge in [0.25, 0.3) is 5.91 Å². The summed E-state index contributed by atoms with van der Waals surface area (Å²) in [4.78, 5) is 30.4. The summed E-state index contributed by atoms with van der Waals surface area (Å²) in [5.74, 6) is -0.0752. The minimum Gasteiger partial charge on any atom is -0.370 e. The number of carbonyl (C=O) groups is 2. The van der Waals surface area contributed by atoms with Crippen LogP contribution in [0, 0.1) is 10.7 Å². The first-order valence-corrected chi connectivity index (χ1v) is 13.2. The van der Waals surface area contributed by atoms with E-state index in [4.69, 9.17) is 4.78 Å². The quantitative estimate of drug-likeness (QED) is 0.519. The van der Waals surface area contributed by atoms with Crippen molar-refractivity contribution in [3.8, 4) is 0 Å². The molecule has 9 nitrogen and oxygen atoms in total. The lowest BCUT2D eigenvalue weighted by atomic mass is 9.84. The highest BCUT2D eigenvalue weighted by Crippen LogP contribution is 2.31. The highest BCUT2D eigenvalue weighted by Gasteiger charge is 2.43. The number of nitrogens with zero attached hydrogens (tertiary/aromatic N) is 2. The summed E-state index contributed by atoms with van der Waals surface area (Å²) in [7, 11) is -1.23. The molecule has 3 aliphatic heterocycles. The van der Waals surface area contributed by atoms with Gasteiger partial charge in [0.2, 0.25) is 5.91 Å². The highest BCUT2D eigenvalue weighted by atomic mass is 32.2. The van der Waals surface area contributed by atoms with Gasteiger partial charge in [0, 0.05) is 49.9 Å². The Morgan fingerprint density at radius 1 is 1.25 bits per heavy atom. The second kappa shape index (κ2) is 9.35. The van der Waals surface area contributed by atoms with Gasteiger partial charge in [-0.2, -0.15) is 0 Å². The van der Waals surface area contributed by atoms with Crippen molar-refractivity contribution in [3.05, 3.63) is 24.0 Å². The van der Waals surface area contributed by atoms with Crippen LogP contribution < -0.4 is 20.9 Å². The summed E-state index contributed by atoms with van der Waals surface area (Å²) in [6, 6.07) is 3.78. The molecule has 3 fully saturated rings. The molecule has 4 N–H and O–H groups in total. The Hall–Kier alpha value is -2.20. The van der Waals surface area contributed by atoms with Crippen LogP contribution in [0.5, 0.6) is 0 Å². The molecule has 4 unspecified atom stereocenters. The minimum absolute atomic E-state index is 0.0276. The first-order valence-electron chi connectivity index (χ1n) is 11.6. The molecule has 4 heterocycles. The third-order valence-corrected chi connectivity index (χ3v) is 10.2. The van der Waals surface area contributed by atoms with Crippen LogP contribution in [0.2, 0.25) is 0 Å². The number of piperidine rings is 3. The van der Waals surface area contributed by atoms with E-state index in [0.717, 1.165) is 18.5 Å². The van der Waals surface area contributed by atoms with Crippen LogP contribution in [-0.2, 0) is 14.5 Å². The Balaban J connectivity index is 1.35. The van der Waals surface area contributed by atoms with Crippen molar-refractivity contribution in [1.82, 2.24) is 20.9 Å². The number of nitrogens with one attached hydrogen (secondary N) is 4. The molecule has 2 amide bonds. The van der Waals surface area contributed by atoms with Gasteiger partial charge in [0.1, 0.15) is 5.69 Å². The SMILES string of the molecule is CCC1CC2NCC([S@@](=N)(=O)C3CCN(c4ccc(C(=O)NC)nc4)CC3)CC2NC1=O. The predicted molar refractivity (Wildman–Crippen MR) is 124 cm³/mol. The van der Waals surface area contributed by atoms with Gasteiger partial charge in [-0.15, -0.1) is 0 Å². The summed E-state index contributed by atoms with van der Waals surface area (Å²) in [5.41, 5.74) is 1.31. The standard InChI is InChI=1S/C22H34N6O3S/c1-3-14-10-19-20(27-21(14)29)11-17(13-26-19)32(23,31)16-6-8-28(9-7-16)15-4-5-18(25-12-15)22(30)24-2/h4-5,12,14,16-17,19-20,23,26H,3,6-11,13H2,1-2H3,(H,24,30)(H,27,29)/t14?,17?,19?,20?,32-/m0/s1. The van der Waals surface area contributed by atoms with E-state index in [2.05, 4.69) is 25.8 Å². The number of anilines is 1. The Bertz CT molecular complexity index is 943. The molecular weight excluding hydrogens is 428 g/mol. The molecule has 0 bridgehead atoms. The van der Waals surface area contributed by atoms with Crippen molar-refractivity contribution in [3.63, 3.8) is 0 Å². The van der Waals surface area contributed by atoms with E-state index in [9.17, 15) is 13.8 Å². The molecule has 32 heavy (non-hydrogen) atoms. The molecule has 176 valence electrons. The maximum absolute atomic E-state index is 13.6. The summed E-state index contributed by atoms with van der Waals surface area (Å²) >= 11 is 0. The number of carbonyl (C=O) groups excluding carboxylic acids is 2.